The van der Waals surface area contributed by atoms with Gasteiger partial charge in [-0.15, -0.1) is 0 Å². The van der Waals surface area contributed by atoms with Crippen molar-refractivity contribution in [3.63, 3.8) is 0 Å². The number of rotatable bonds is 4. The van der Waals surface area contributed by atoms with Gasteiger partial charge in [-0.3, -0.25) is 20.2 Å². The highest BCUT2D eigenvalue weighted by Gasteiger charge is 2.08. The van der Waals surface area contributed by atoms with Crippen LogP contribution < -0.4 is 0 Å². The van der Waals surface area contributed by atoms with Crippen molar-refractivity contribution in [1.29, 1.82) is 0 Å². The summed E-state index contributed by atoms with van der Waals surface area (Å²) in [5.74, 6) is 0. The first-order chi connectivity index (χ1) is 10.9. The smallest absolute Gasteiger partial charge is 0.258 e. The van der Waals surface area contributed by atoms with E-state index in [1.165, 1.54) is 36.4 Å². The van der Waals surface area contributed by atoms with Crippen molar-refractivity contribution in [2.24, 2.45) is 9.98 Å². The predicted molar refractivity (Wildman–Crippen MR) is 84.8 cm³/mol. The third kappa shape index (κ3) is 3.84. The number of nitro groups is 2. The van der Waals surface area contributed by atoms with Crippen LogP contribution in [0.4, 0.5) is 22.7 Å². The number of aliphatic imine (C=N–C) groups is 2. The molecule has 8 heteroatoms. The third-order valence-electron chi connectivity index (χ3n) is 3.12. The maximum absolute atomic E-state index is 10.7. The maximum atomic E-state index is 10.7. The highest BCUT2D eigenvalue weighted by atomic mass is 16.6. The molecular weight excluding hydrogens is 300 g/mol. The van der Waals surface area contributed by atoms with E-state index in [0.717, 1.165) is 0 Å². The molecule has 0 fully saturated rings. The van der Waals surface area contributed by atoms with Gasteiger partial charge in [0.25, 0.3) is 11.4 Å². The number of nitrogens with zero attached hydrogens (tertiary/aromatic N) is 4. The van der Waals surface area contributed by atoms with Gasteiger partial charge in [0, 0.05) is 24.3 Å². The molecule has 0 aliphatic heterocycles. The summed E-state index contributed by atoms with van der Waals surface area (Å²) in [4.78, 5) is 28.4. The van der Waals surface area contributed by atoms with E-state index >= 15 is 0 Å². The van der Waals surface area contributed by atoms with Gasteiger partial charge in [0.05, 0.1) is 21.2 Å². The summed E-state index contributed by atoms with van der Waals surface area (Å²) in [7, 11) is 0. The lowest BCUT2D eigenvalue weighted by atomic mass is 10.2. The Bertz CT molecular complexity index is 787. The Morgan fingerprint density at radius 3 is 1.52 bits per heavy atom. The van der Waals surface area contributed by atoms with Gasteiger partial charge < -0.3 is 0 Å². The van der Waals surface area contributed by atoms with E-state index in [1.54, 1.807) is 13.8 Å². The molecule has 0 saturated heterocycles. The second kappa shape index (κ2) is 6.59. The fourth-order valence-corrected chi connectivity index (χ4v) is 1.89. The second-order valence-electron chi connectivity index (χ2n) is 4.78. The first-order valence-electron chi connectivity index (χ1n) is 6.55. The highest BCUT2D eigenvalue weighted by Crippen LogP contribution is 2.25. The number of nitro benzene ring substituents is 2. The summed E-state index contributed by atoms with van der Waals surface area (Å²) in [5, 5.41) is 21.3. The van der Waals surface area contributed by atoms with Crippen LogP contribution in [0.5, 0.6) is 0 Å². The number of hydrogen-bond acceptors (Lipinski definition) is 6. The van der Waals surface area contributed by atoms with Crippen LogP contribution in [0.3, 0.4) is 0 Å². The summed E-state index contributed by atoms with van der Waals surface area (Å²) in [6.07, 6.45) is 0. The molecule has 0 aromatic heterocycles. The maximum Gasteiger partial charge on any atom is 0.269 e. The summed E-state index contributed by atoms with van der Waals surface area (Å²) in [5.41, 5.74) is 2.26. The molecule has 2 rings (SSSR count). The molecule has 116 valence electrons. The second-order valence-corrected chi connectivity index (χ2v) is 4.78. The van der Waals surface area contributed by atoms with Gasteiger partial charge >= 0.3 is 0 Å². The zero-order chi connectivity index (χ0) is 17.0. The summed E-state index contributed by atoms with van der Waals surface area (Å²) in [6, 6.07) is 11.1. The minimum Gasteiger partial charge on any atom is -0.258 e. The SMILES string of the molecule is Cc1cc([N+](=O)[O-])ccc1N=C=Nc1ccc([N+](=O)[O-])cc1C. The number of benzene rings is 2. The van der Waals surface area contributed by atoms with Crippen LogP contribution in [0.1, 0.15) is 11.1 Å². The Kier molecular flexibility index (Phi) is 4.58. The van der Waals surface area contributed by atoms with Gasteiger partial charge in [-0.05, 0) is 37.1 Å². The molecule has 0 atom stereocenters. The molecule has 0 heterocycles. The van der Waals surface area contributed by atoms with Crippen molar-refractivity contribution in [1.82, 2.24) is 0 Å². The van der Waals surface area contributed by atoms with Gasteiger partial charge in [-0.2, -0.15) is 9.98 Å². The molecule has 0 saturated carbocycles. The zero-order valence-corrected chi connectivity index (χ0v) is 12.4. The van der Waals surface area contributed by atoms with E-state index in [-0.39, 0.29) is 11.4 Å². The minimum absolute atomic E-state index is 0.00963. The van der Waals surface area contributed by atoms with Crippen LogP contribution in [-0.2, 0) is 0 Å². The normalized spacial score (nSPS) is 9.83. The van der Waals surface area contributed by atoms with Crippen molar-refractivity contribution < 1.29 is 9.85 Å². The van der Waals surface area contributed by atoms with Crippen LogP contribution in [0, 0.1) is 34.1 Å². The van der Waals surface area contributed by atoms with Crippen LogP contribution >= 0.6 is 0 Å². The topological polar surface area (TPSA) is 111 Å². The molecule has 0 amide bonds. The van der Waals surface area contributed by atoms with Crippen molar-refractivity contribution in [2.75, 3.05) is 0 Å². The molecule has 2 aromatic carbocycles. The van der Waals surface area contributed by atoms with Crippen LogP contribution in [0.15, 0.2) is 46.4 Å². The minimum atomic E-state index is -0.477. The quantitative estimate of drug-likeness (QED) is 0.477. The molecule has 23 heavy (non-hydrogen) atoms. The standard InChI is InChI=1S/C15H12N4O4/c1-10-7-12(18(20)21)3-5-14(10)16-9-17-15-6-4-13(19(22)23)8-11(15)2/h3-8H,1-2H3. The van der Waals surface area contributed by atoms with Gasteiger partial charge in [0.1, 0.15) is 6.01 Å². The average Bonchev–Trinajstić information content (AvgIpc) is 2.49. The van der Waals surface area contributed by atoms with Crippen LogP contribution in [0.2, 0.25) is 0 Å². The fourth-order valence-electron chi connectivity index (χ4n) is 1.89. The Morgan fingerprint density at radius 2 is 1.22 bits per heavy atom. The molecule has 8 nitrogen and oxygen atoms in total. The van der Waals surface area contributed by atoms with Crippen molar-refractivity contribution in [3.8, 4) is 0 Å². The van der Waals surface area contributed by atoms with E-state index in [4.69, 9.17) is 0 Å². The van der Waals surface area contributed by atoms with E-state index in [0.29, 0.717) is 22.5 Å². The first-order valence-corrected chi connectivity index (χ1v) is 6.55. The Labute approximate surface area is 131 Å². The molecule has 0 aliphatic carbocycles. The first kappa shape index (κ1) is 16.0. The highest BCUT2D eigenvalue weighted by molar-refractivity contribution is 5.63. The summed E-state index contributed by atoms with van der Waals surface area (Å²) >= 11 is 0. The molecule has 2 aromatic rings. The number of non-ortho nitro benzene ring substituents is 2. The van der Waals surface area contributed by atoms with Crippen molar-refractivity contribution in [3.05, 3.63) is 67.8 Å². The largest absolute Gasteiger partial charge is 0.269 e. The van der Waals surface area contributed by atoms with Crippen molar-refractivity contribution >= 4 is 28.8 Å². The zero-order valence-electron chi connectivity index (χ0n) is 12.4. The molecule has 0 unspecified atom stereocenters. The van der Waals surface area contributed by atoms with Gasteiger partial charge in [0.15, 0.2) is 0 Å². The van der Waals surface area contributed by atoms with E-state index in [1.807, 2.05) is 0 Å². The van der Waals surface area contributed by atoms with Crippen LogP contribution in [-0.4, -0.2) is 15.9 Å². The molecule has 0 radical (unpaired) electrons. The van der Waals surface area contributed by atoms with E-state index in [9.17, 15) is 20.2 Å². The number of aryl methyl sites for hydroxylation is 2. The van der Waals surface area contributed by atoms with Crippen molar-refractivity contribution in [2.45, 2.75) is 13.8 Å². The summed E-state index contributed by atoms with van der Waals surface area (Å²) in [6.45, 7) is 3.40. The molecule has 0 aliphatic rings. The van der Waals surface area contributed by atoms with Gasteiger partial charge in [-0.1, -0.05) is 0 Å². The molecule has 0 bridgehead atoms. The van der Waals surface area contributed by atoms with E-state index < -0.39 is 9.85 Å². The molecule has 0 spiro atoms. The lowest BCUT2D eigenvalue weighted by Gasteiger charge is -1.98. The lowest BCUT2D eigenvalue weighted by Crippen LogP contribution is -1.88. The lowest BCUT2D eigenvalue weighted by molar-refractivity contribution is -0.385. The molecular formula is C15H12N4O4. The average molecular weight is 312 g/mol. The number of hydrogen-bond donors (Lipinski definition) is 0. The summed E-state index contributed by atoms with van der Waals surface area (Å²) < 4.78 is 0. The monoisotopic (exact) mass is 312 g/mol. The van der Waals surface area contributed by atoms with Crippen LogP contribution in [0.25, 0.3) is 0 Å². The fraction of sp³-hybridized carbons (Fsp3) is 0.133. The Morgan fingerprint density at radius 1 is 0.826 bits per heavy atom. The molecule has 0 N–H and O–H groups in total. The van der Waals surface area contributed by atoms with Gasteiger partial charge in [-0.25, -0.2) is 0 Å². The predicted octanol–water partition coefficient (Wildman–Crippen LogP) is 4.26. The van der Waals surface area contributed by atoms with E-state index in [2.05, 4.69) is 16.0 Å². The van der Waals surface area contributed by atoms with Gasteiger partial charge in [0.2, 0.25) is 0 Å². The Balaban J connectivity index is 2.28. The Hall–Kier alpha value is -3.38. The third-order valence-corrected chi connectivity index (χ3v) is 3.12.